The number of hydrogen-bond acceptors (Lipinski definition) is 2. The quantitative estimate of drug-likeness (QED) is 0.594. The molecule has 0 unspecified atom stereocenters. The highest BCUT2D eigenvalue weighted by atomic mass is 16.4. The summed E-state index contributed by atoms with van der Waals surface area (Å²) < 4.78 is 0. The van der Waals surface area contributed by atoms with E-state index in [9.17, 15) is 9.59 Å². The summed E-state index contributed by atoms with van der Waals surface area (Å²) in [6, 6.07) is 0. The number of aldehydes is 1. The van der Waals surface area contributed by atoms with Crippen LogP contribution in [0.1, 0.15) is 40.5 Å². The summed E-state index contributed by atoms with van der Waals surface area (Å²) >= 11 is 0. The lowest BCUT2D eigenvalue weighted by molar-refractivity contribution is -0.147. The summed E-state index contributed by atoms with van der Waals surface area (Å²) in [6.07, 6.45) is 1.99. The van der Waals surface area contributed by atoms with Gasteiger partial charge in [0.1, 0.15) is 6.29 Å². The molecule has 0 atom stereocenters. The number of aliphatic carboxylic acids is 1. The third kappa shape index (κ3) is 11.0. The van der Waals surface area contributed by atoms with Crippen LogP contribution >= 0.6 is 0 Å². The monoisotopic (exact) mass is 266 g/mol. The second-order valence-corrected chi connectivity index (χ2v) is 5.56. The summed E-state index contributed by atoms with van der Waals surface area (Å²) in [4.78, 5) is 26.9. The molecule has 0 rings (SSSR count). The minimum atomic E-state index is -0.837. The SMILES string of the molecule is [C-]#[N+]CCC(C)(C)C(=O)O.[C-]#[N+]CCC(C)(C)C=O. The van der Waals surface area contributed by atoms with Crippen molar-refractivity contribution in [2.75, 3.05) is 13.1 Å². The maximum absolute atomic E-state index is 10.4. The molecule has 0 aromatic heterocycles. The third-order valence-corrected chi connectivity index (χ3v) is 2.61. The zero-order valence-corrected chi connectivity index (χ0v) is 12.1. The number of carbonyl (C=O) groups is 2. The highest BCUT2D eigenvalue weighted by Crippen LogP contribution is 2.19. The van der Waals surface area contributed by atoms with Crippen LogP contribution in [0, 0.1) is 24.0 Å². The zero-order chi connectivity index (χ0) is 15.5. The number of rotatable bonds is 6. The van der Waals surface area contributed by atoms with E-state index in [2.05, 4.69) is 9.69 Å². The normalized spacial score (nSPS) is 10.4. The molecule has 0 bridgehead atoms. The van der Waals surface area contributed by atoms with Crippen LogP contribution < -0.4 is 0 Å². The molecule has 0 spiro atoms. The second kappa shape index (κ2) is 9.10. The topological polar surface area (TPSA) is 63.1 Å². The Morgan fingerprint density at radius 2 is 1.53 bits per heavy atom. The number of carboxylic acids is 1. The van der Waals surface area contributed by atoms with Crippen molar-refractivity contribution in [2.24, 2.45) is 10.8 Å². The van der Waals surface area contributed by atoms with Crippen LogP contribution in [0.15, 0.2) is 0 Å². The Balaban J connectivity index is 0. The molecule has 0 saturated heterocycles. The largest absolute Gasteiger partial charge is 0.481 e. The molecule has 0 aliphatic carbocycles. The van der Waals surface area contributed by atoms with Gasteiger partial charge in [-0.05, 0) is 13.8 Å². The van der Waals surface area contributed by atoms with E-state index in [4.69, 9.17) is 18.3 Å². The highest BCUT2D eigenvalue weighted by molar-refractivity contribution is 5.73. The van der Waals surface area contributed by atoms with Crippen LogP contribution in [0.5, 0.6) is 0 Å². The van der Waals surface area contributed by atoms with Crippen molar-refractivity contribution >= 4 is 12.3 Å². The fourth-order valence-corrected chi connectivity index (χ4v) is 0.845. The molecule has 0 amide bonds. The van der Waals surface area contributed by atoms with E-state index < -0.39 is 11.4 Å². The minimum Gasteiger partial charge on any atom is -0.481 e. The van der Waals surface area contributed by atoms with Gasteiger partial charge in [-0.2, -0.15) is 0 Å². The summed E-state index contributed by atoms with van der Waals surface area (Å²) in [6.45, 7) is 20.6. The van der Waals surface area contributed by atoms with Gasteiger partial charge in [-0.3, -0.25) is 4.79 Å². The predicted molar refractivity (Wildman–Crippen MR) is 73.4 cm³/mol. The molecule has 5 heteroatoms. The van der Waals surface area contributed by atoms with Crippen molar-refractivity contribution in [1.82, 2.24) is 0 Å². The first kappa shape index (κ1) is 19.5. The Bertz CT molecular complexity index is 373. The maximum atomic E-state index is 10.4. The zero-order valence-electron chi connectivity index (χ0n) is 12.1. The molecule has 0 aliphatic heterocycles. The van der Waals surface area contributed by atoms with E-state index in [0.717, 1.165) is 6.29 Å². The van der Waals surface area contributed by atoms with Crippen molar-refractivity contribution in [3.8, 4) is 0 Å². The number of carboxylic acid groups (broad SMARTS) is 1. The molecule has 0 heterocycles. The van der Waals surface area contributed by atoms with Crippen LogP contribution in [-0.2, 0) is 9.59 Å². The van der Waals surface area contributed by atoms with Crippen molar-refractivity contribution < 1.29 is 14.7 Å². The summed E-state index contributed by atoms with van der Waals surface area (Å²) in [7, 11) is 0. The Hall–Kier alpha value is -1.88. The molecule has 1 N–H and O–H groups in total. The third-order valence-electron chi connectivity index (χ3n) is 2.61. The van der Waals surface area contributed by atoms with Crippen LogP contribution in [0.4, 0.5) is 0 Å². The number of carbonyl (C=O) groups excluding carboxylic acids is 1. The molecule has 19 heavy (non-hydrogen) atoms. The summed E-state index contributed by atoms with van der Waals surface area (Å²) in [5, 5.41) is 8.56. The van der Waals surface area contributed by atoms with Crippen LogP contribution in [0.25, 0.3) is 9.69 Å². The predicted octanol–water partition coefficient (Wildman–Crippen LogP) is 2.93. The average molecular weight is 266 g/mol. The van der Waals surface area contributed by atoms with Crippen molar-refractivity contribution in [1.29, 1.82) is 0 Å². The Morgan fingerprint density at radius 3 is 1.84 bits per heavy atom. The molecule has 0 aromatic carbocycles. The van der Waals surface area contributed by atoms with Crippen LogP contribution in [0.3, 0.4) is 0 Å². The average Bonchev–Trinajstić information content (AvgIpc) is 2.34. The molecular weight excluding hydrogens is 244 g/mol. The molecule has 106 valence electrons. The van der Waals surface area contributed by atoms with Crippen LogP contribution in [-0.4, -0.2) is 30.5 Å². The van der Waals surface area contributed by atoms with Crippen molar-refractivity contribution in [3.05, 3.63) is 22.8 Å². The lowest BCUT2D eigenvalue weighted by Crippen LogP contribution is -2.24. The van der Waals surface area contributed by atoms with Gasteiger partial charge in [0, 0.05) is 18.3 Å². The first-order chi connectivity index (χ1) is 8.63. The summed E-state index contributed by atoms with van der Waals surface area (Å²) in [5.74, 6) is -0.837. The molecule has 5 nitrogen and oxygen atoms in total. The molecule has 0 saturated carbocycles. The molecular formula is C14H22N2O3. The lowest BCUT2D eigenvalue weighted by atomic mass is 9.90. The number of nitrogens with zero attached hydrogens (tertiary/aromatic N) is 2. The smallest absolute Gasteiger partial charge is 0.309 e. The van der Waals surface area contributed by atoms with Gasteiger partial charge in [-0.1, -0.05) is 13.8 Å². The van der Waals surface area contributed by atoms with Crippen molar-refractivity contribution in [3.63, 3.8) is 0 Å². The molecule has 0 aliphatic rings. The van der Waals surface area contributed by atoms with E-state index in [1.54, 1.807) is 13.8 Å². The minimum absolute atomic E-state index is 0.291. The van der Waals surface area contributed by atoms with E-state index in [1.165, 1.54) is 0 Å². The fourth-order valence-electron chi connectivity index (χ4n) is 0.845. The van der Waals surface area contributed by atoms with E-state index in [0.29, 0.717) is 25.9 Å². The Morgan fingerprint density at radius 1 is 1.11 bits per heavy atom. The first-order valence-electron chi connectivity index (χ1n) is 5.99. The van der Waals surface area contributed by atoms with Crippen molar-refractivity contribution in [2.45, 2.75) is 40.5 Å². The van der Waals surface area contributed by atoms with Gasteiger partial charge in [-0.25, -0.2) is 13.1 Å². The molecule has 0 aromatic rings. The van der Waals surface area contributed by atoms with Crippen LogP contribution in [0.2, 0.25) is 0 Å². The van der Waals surface area contributed by atoms with Gasteiger partial charge in [0.2, 0.25) is 13.1 Å². The number of hydrogen-bond donors (Lipinski definition) is 1. The first-order valence-corrected chi connectivity index (χ1v) is 5.99. The molecule has 0 fully saturated rings. The van der Waals surface area contributed by atoms with Gasteiger partial charge in [0.15, 0.2) is 0 Å². The van der Waals surface area contributed by atoms with Gasteiger partial charge < -0.3 is 19.6 Å². The fraction of sp³-hybridized carbons (Fsp3) is 0.714. The van der Waals surface area contributed by atoms with Gasteiger partial charge in [0.25, 0.3) is 0 Å². The van der Waals surface area contributed by atoms with E-state index in [1.807, 2.05) is 13.8 Å². The summed E-state index contributed by atoms with van der Waals surface area (Å²) in [5.41, 5.74) is -1.05. The Labute approximate surface area is 115 Å². The van der Waals surface area contributed by atoms with Gasteiger partial charge in [-0.15, -0.1) is 0 Å². The van der Waals surface area contributed by atoms with Gasteiger partial charge >= 0.3 is 5.97 Å². The highest BCUT2D eigenvalue weighted by Gasteiger charge is 2.27. The second-order valence-electron chi connectivity index (χ2n) is 5.56. The van der Waals surface area contributed by atoms with Gasteiger partial charge in [0.05, 0.1) is 5.41 Å². The lowest BCUT2D eigenvalue weighted by Gasteiger charge is -2.14. The van der Waals surface area contributed by atoms with E-state index >= 15 is 0 Å². The standard InChI is InChI=1S/C7H11NO2.C7H11NO/c1-7(2,6(9)10)4-5-8-3;1-7(2,6-9)4-5-8-3/h4-5H2,1-2H3,(H,9,10);6H,4-5H2,1-2H3. The maximum Gasteiger partial charge on any atom is 0.309 e. The molecule has 0 radical (unpaired) electrons. The van der Waals surface area contributed by atoms with E-state index in [-0.39, 0.29) is 5.41 Å². The Kier molecular flexibility index (Phi) is 9.32.